The minimum absolute atomic E-state index is 0.187. The lowest BCUT2D eigenvalue weighted by Gasteiger charge is -2.23. The Bertz CT molecular complexity index is 929. The largest absolute Gasteiger partial charge is 0.461 e. The van der Waals surface area contributed by atoms with Gasteiger partial charge in [0.25, 0.3) is 0 Å². The van der Waals surface area contributed by atoms with Crippen LogP contribution in [0.1, 0.15) is 41.1 Å². The van der Waals surface area contributed by atoms with Gasteiger partial charge in [-0.3, -0.25) is 4.90 Å². The van der Waals surface area contributed by atoms with E-state index in [0.717, 1.165) is 17.4 Å². The van der Waals surface area contributed by atoms with Crippen molar-refractivity contribution in [2.24, 2.45) is 0 Å². The van der Waals surface area contributed by atoms with Crippen molar-refractivity contribution in [2.75, 3.05) is 26.5 Å². The summed E-state index contributed by atoms with van der Waals surface area (Å²) in [6.45, 7) is 3.18. The lowest BCUT2D eigenvalue weighted by atomic mass is 10.2. The Kier molecular flexibility index (Phi) is 8.04. The zero-order chi connectivity index (χ0) is 21.3. The molecular formula is C23H28N4O2S. The molecule has 0 saturated heterocycles. The van der Waals surface area contributed by atoms with Gasteiger partial charge in [-0.05, 0) is 38.2 Å². The number of aromatic nitrogens is 3. The van der Waals surface area contributed by atoms with Gasteiger partial charge in [-0.25, -0.2) is 4.79 Å². The number of carbonyl (C=O) groups excluding carboxylic acids is 1. The molecule has 158 valence electrons. The van der Waals surface area contributed by atoms with Crippen molar-refractivity contribution in [1.29, 1.82) is 0 Å². The van der Waals surface area contributed by atoms with Crippen LogP contribution < -0.4 is 0 Å². The fourth-order valence-electron chi connectivity index (χ4n) is 3.27. The summed E-state index contributed by atoms with van der Waals surface area (Å²) in [6.07, 6.45) is 0.944. The third-order valence-electron chi connectivity index (χ3n) is 4.79. The number of benzene rings is 2. The van der Waals surface area contributed by atoms with E-state index in [1.807, 2.05) is 36.4 Å². The van der Waals surface area contributed by atoms with Gasteiger partial charge in [0, 0.05) is 5.75 Å². The molecule has 0 unspecified atom stereocenters. The van der Waals surface area contributed by atoms with Gasteiger partial charge < -0.3 is 9.30 Å². The quantitative estimate of drug-likeness (QED) is 0.275. The van der Waals surface area contributed by atoms with Gasteiger partial charge in [-0.1, -0.05) is 67.2 Å². The van der Waals surface area contributed by atoms with Crippen LogP contribution >= 0.6 is 11.8 Å². The van der Waals surface area contributed by atoms with E-state index in [2.05, 4.69) is 52.8 Å². The molecular weight excluding hydrogens is 396 g/mol. The van der Waals surface area contributed by atoms with Crippen molar-refractivity contribution < 1.29 is 9.53 Å². The molecule has 6 nitrogen and oxygen atoms in total. The van der Waals surface area contributed by atoms with E-state index >= 15 is 0 Å². The first kappa shape index (κ1) is 22.1. The molecule has 0 saturated carbocycles. The number of carbonyl (C=O) groups is 1. The normalized spacial score (nSPS) is 12.1. The number of rotatable bonds is 10. The third-order valence-corrected chi connectivity index (χ3v) is 5.73. The van der Waals surface area contributed by atoms with Crippen molar-refractivity contribution in [1.82, 2.24) is 19.7 Å². The minimum Gasteiger partial charge on any atom is -0.461 e. The fraction of sp³-hybridized carbons (Fsp3) is 0.348. The van der Waals surface area contributed by atoms with Crippen LogP contribution in [0.5, 0.6) is 0 Å². The lowest BCUT2D eigenvalue weighted by Crippen LogP contribution is -2.23. The lowest BCUT2D eigenvalue weighted by molar-refractivity contribution is 0.0530. The van der Waals surface area contributed by atoms with Crippen LogP contribution in [0.2, 0.25) is 0 Å². The summed E-state index contributed by atoms with van der Waals surface area (Å²) >= 11 is 1.56. The molecule has 0 aliphatic rings. The van der Waals surface area contributed by atoms with E-state index in [0.29, 0.717) is 24.5 Å². The van der Waals surface area contributed by atoms with E-state index in [4.69, 9.17) is 4.74 Å². The Morgan fingerprint density at radius 2 is 1.73 bits per heavy atom. The predicted octanol–water partition coefficient (Wildman–Crippen LogP) is 4.29. The van der Waals surface area contributed by atoms with Crippen LogP contribution in [0.3, 0.4) is 0 Å². The average molecular weight is 425 g/mol. The summed E-state index contributed by atoms with van der Waals surface area (Å²) in [5, 5.41) is 9.79. The number of thioether (sulfide) groups is 1. The molecule has 30 heavy (non-hydrogen) atoms. The number of hydrogen-bond donors (Lipinski definition) is 0. The van der Waals surface area contributed by atoms with Crippen molar-refractivity contribution in [3.05, 3.63) is 77.6 Å². The molecule has 7 heteroatoms. The highest BCUT2D eigenvalue weighted by atomic mass is 32.2. The molecule has 0 fully saturated rings. The van der Waals surface area contributed by atoms with Crippen LogP contribution in [0.25, 0.3) is 0 Å². The number of ether oxygens (including phenoxy) is 1. The second kappa shape index (κ2) is 10.9. The standard InChI is InChI=1S/C23H28N4O2S/c1-4-20(26(2)3)21-24-25-23(27(21)17-18-11-7-5-8-12-18)30-16-15-29-22(28)19-13-9-6-10-14-19/h5-14,20H,4,15-17H2,1-3H3/t20-/m1/s1. The molecule has 3 rings (SSSR count). The van der Waals surface area contributed by atoms with Gasteiger partial charge in [-0.15, -0.1) is 10.2 Å². The molecule has 1 atom stereocenters. The van der Waals surface area contributed by atoms with Crippen molar-refractivity contribution in [3.63, 3.8) is 0 Å². The summed E-state index contributed by atoms with van der Waals surface area (Å²) in [6, 6.07) is 19.5. The van der Waals surface area contributed by atoms with Gasteiger partial charge in [0.2, 0.25) is 0 Å². The van der Waals surface area contributed by atoms with Crippen LogP contribution in [-0.4, -0.2) is 52.1 Å². The molecule has 3 aromatic rings. The van der Waals surface area contributed by atoms with Crippen LogP contribution in [0.15, 0.2) is 65.8 Å². The minimum atomic E-state index is -0.304. The summed E-state index contributed by atoms with van der Waals surface area (Å²) in [5.74, 6) is 1.26. The maximum Gasteiger partial charge on any atom is 0.338 e. The summed E-state index contributed by atoms with van der Waals surface area (Å²) in [4.78, 5) is 14.3. The second-order valence-electron chi connectivity index (χ2n) is 7.15. The maximum atomic E-state index is 12.1. The summed E-state index contributed by atoms with van der Waals surface area (Å²) in [5.41, 5.74) is 1.76. The van der Waals surface area contributed by atoms with Crippen LogP contribution in [0, 0.1) is 0 Å². The molecule has 0 amide bonds. The molecule has 0 aliphatic heterocycles. The predicted molar refractivity (Wildman–Crippen MR) is 120 cm³/mol. The van der Waals surface area contributed by atoms with Crippen LogP contribution in [0.4, 0.5) is 0 Å². The monoisotopic (exact) mass is 424 g/mol. The topological polar surface area (TPSA) is 60.3 Å². The third kappa shape index (κ3) is 5.70. The smallest absolute Gasteiger partial charge is 0.338 e. The Morgan fingerprint density at radius 1 is 1.07 bits per heavy atom. The highest BCUT2D eigenvalue weighted by molar-refractivity contribution is 7.99. The van der Waals surface area contributed by atoms with E-state index in [1.165, 1.54) is 5.56 Å². The van der Waals surface area contributed by atoms with Crippen LogP contribution in [-0.2, 0) is 11.3 Å². The molecule has 0 N–H and O–H groups in total. The summed E-state index contributed by atoms with van der Waals surface area (Å²) < 4.78 is 7.57. The van der Waals surface area contributed by atoms with E-state index < -0.39 is 0 Å². The van der Waals surface area contributed by atoms with E-state index in [1.54, 1.807) is 23.9 Å². The van der Waals surface area contributed by atoms with E-state index in [9.17, 15) is 4.79 Å². The molecule has 0 spiro atoms. The fourth-order valence-corrected chi connectivity index (χ4v) is 4.03. The first-order chi connectivity index (χ1) is 14.6. The maximum absolute atomic E-state index is 12.1. The Labute approximate surface area is 182 Å². The number of nitrogens with zero attached hydrogens (tertiary/aromatic N) is 4. The summed E-state index contributed by atoms with van der Waals surface area (Å²) in [7, 11) is 4.12. The van der Waals surface area contributed by atoms with Crippen molar-refractivity contribution in [2.45, 2.75) is 31.1 Å². The Morgan fingerprint density at radius 3 is 2.37 bits per heavy atom. The van der Waals surface area contributed by atoms with E-state index in [-0.39, 0.29) is 12.0 Å². The average Bonchev–Trinajstić information content (AvgIpc) is 3.14. The molecule has 0 aliphatic carbocycles. The SMILES string of the molecule is CC[C@H](c1nnc(SCCOC(=O)c2ccccc2)n1Cc1ccccc1)N(C)C. The highest BCUT2D eigenvalue weighted by Gasteiger charge is 2.22. The molecule has 1 aromatic heterocycles. The zero-order valence-corrected chi connectivity index (χ0v) is 18.5. The first-order valence-electron chi connectivity index (χ1n) is 10.1. The number of hydrogen-bond acceptors (Lipinski definition) is 6. The Balaban J connectivity index is 1.69. The molecule has 0 bridgehead atoms. The number of esters is 1. The van der Waals surface area contributed by atoms with Gasteiger partial charge in [-0.2, -0.15) is 0 Å². The highest BCUT2D eigenvalue weighted by Crippen LogP contribution is 2.26. The molecule has 1 heterocycles. The first-order valence-corrected chi connectivity index (χ1v) is 11.1. The van der Waals surface area contributed by atoms with Crippen molar-refractivity contribution in [3.8, 4) is 0 Å². The van der Waals surface area contributed by atoms with Gasteiger partial charge in [0.1, 0.15) is 6.61 Å². The van der Waals surface area contributed by atoms with Gasteiger partial charge in [0.05, 0.1) is 18.2 Å². The molecule has 0 radical (unpaired) electrons. The zero-order valence-electron chi connectivity index (χ0n) is 17.7. The molecule has 2 aromatic carbocycles. The van der Waals surface area contributed by atoms with Gasteiger partial charge >= 0.3 is 5.97 Å². The second-order valence-corrected chi connectivity index (χ2v) is 8.21. The Hall–Kier alpha value is -2.64. The van der Waals surface area contributed by atoms with Gasteiger partial charge in [0.15, 0.2) is 11.0 Å². The van der Waals surface area contributed by atoms with Crippen molar-refractivity contribution >= 4 is 17.7 Å².